The maximum Gasteiger partial charge on any atom is 0.254 e. The molecule has 0 atom stereocenters. The first kappa shape index (κ1) is 18.1. The molecule has 2 rings (SSSR count). The first-order valence-corrected chi connectivity index (χ1v) is 7.41. The van der Waals surface area contributed by atoms with Crippen LogP contribution in [0.2, 0.25) is 0 Å². The molecule has 0 aliphatic rings. The van der Waals surface area contributed by atoms with Crippen LogP contribution in [0.25, 0.3) is 0 Å². The summed E-state index contributed by atoms with van der Waals surface area (Å²) in [6.07, 6.45) is 2.88. The molecule has 0 bridgehead atoms. The molecule has 0 aliphatic heterocycles. The molecule has 2 aromatic rings. The van der Waals surface area contributed by atoms with Crippen molar-refractivity contribution >= 4 is 17.6 Å². The van der Waals surface area contributed by atoms with Crippen LogP contribution in [0.1, 0.15) is 10.4 Å². The molecule has 1 N–H and O–H groups in total. The fourth-order valence-electron chi connectivity index (χ4n) is 2.12. The van der Waals surface area contributed by atoms with Gasteiger partial charge in [-0.05, 0) is 12.1 Å². The van der Waals surface area contributed by atoms with Crippen molar-refractivity contribution in [2.45, 2.75) is 0 Å². The van der Waals surface area contributed by atoms with Gasteiger partial charge in [0.15, 0.2) is 5.82 Å². The van der Waals surface area contributed by atoms with E-state index in [9.17, 15) is 9.59 Å². The van der Waals surface area contributed by atoms with E-state index in [1.165, 1.54) is 31.4 Å². The largest absolute Gasteiger partial charge is 0.497 e. The fraction of sp³-hybridized carbons (Fsp3) is 0.235. The van der Waals surface area contributed by atoms with Gasteiger partial charge in [0.05, 0.1) is 14.2 Å². The van der Waals surface area contributed by atoms with Crippen LogP contribution >= 0.6 is 0 Å². The Labute approximate surface area is 145 Å². The number of hydrogen-bond donors (Lipinski definition) is 1. The number of ether oxygens (including phenoxy) is 2. The smallest absolute Gasteiger partial charge is 0.254 e. The quantitative estimate of drug-likeness (QED) is 0.735. The maximum atomic E-state index is 12.8. The van der Waals surface area contributed by atoms with E-state index in [1.807, 2.05) is 0 Å². The predicted octanol–water partition coefficient (Wildman–Crippen LogP) is 1.96. The number of methoxy groups -OCH3 is 2. The van der Waals surface area contributed by atoms with Gasteiger partial charge in [-0.2, -0.15) is 0 Å². The highest BCUT2D eigenvalue weighted by Crippen LogP contribution is 2.23. The van der Waals surface area contributed by atoms with E-state index in [4.69, 9.17) is 9.47 Å². The Bertz CT molecular complexity index is 720. The summed E-state index contributed by atoms with van der Waals surface area (Å²) in [6, 6.07) is 6.32. The van der Waals surface area contributed by atoms with Crippen molar-refractivity contribution in [2.75, 3.05) is 32.6 Å². The van der Waals surface area contributed by atoms with Gasteiger partial charge in [-0.3, -0.25) is 9.59 Å². The summed E-state index contributed by atoms with van der Waals surface area (Å²) in [7, 11) is 2.99. The van der Waals surface area contributed by atoms with Gasteiger partial charge in [0.25, 0.3) is 5.91 Å². The summed E-state index contributed by atoms with van der Waals surface area (Å²) >= 11 is 0. The molecule has 0 radical (unpaired) electrons. The summed E-state index contributed by atoms with van der Waals surface area (Å²) in [5, 5.41) is 6.14. The average Bonchev–Trinajstić information content (AvgIpc) is 3.13. The highest BCUT2D eigenvalue weighted by Gasteiger charge is 2.20. The normalized spacial score (nSPS) is 10.0. The van der Waals surface area contributed by atoms with Crippen LogP contribution in [0, 0.1) is 0 Å². The van der Waals surface area contributed by atoms with E-state index in [-0.39, 0.29) is 24.8 Å². The summed E-state index contributed by atoms with van der Waals surface area (Å²) < 4.78 is 15.0. The van der Waals surface area contributed by atoms with Crippen LogP contribution in [0.4, 0.5) is 5.82 Å². The number of amides is 2. The number of nitrogens with zero attached hydrogens (tertiary/aromatic N) is 2. The van der Waals surface area contributed by atoms with E-state index >= 15 is 0 Å². The van der Waals surface area contributed by atoms with Gasteiger partial charge >= 0.3 is 0 Å². The first-order chi connectivity index (χ1) is 12.1. The van der Waals surface area contributed by atoms with E-state index in [0.29, 0.717) is 17.1 Å². The van der Waals surface area contributed by atoms with Gasteiger partial charge in [-0.1, -0.05) is 11.2 Å². The van der Waals surface area contributed by atoms with Crippen molar-refractivity contribution in [1.82, 2.24) is 10.1 Å². The molecule has 8 heteroatoms. The Morgan fingerprint density at radius 3 is 2.48 bits per heavy atom. The molecule has 0 fully saturated rings. The highest BCUT2D eigenvalue weighted by molar-refractivity contribution is 5.99. The molecule has 8 nitrogen and oxygen atoms in total. The Kier molecular flexibility index (Phi) is 6.16. The third-order valence-corrected chi connectivity index (χ3v) is 3.27. The van der Waals surface area contributed by atoms with Crippen molar-refractivity contribution in [3.8, 4) is 11.5 Å². The number of benzene rings is 1. The molecule has 0 spiro atoms. The minimum atomic E-state index is -0.404. The van der Waals surface area contributed by atoms with Crippen LogP contribution in [0.15, 0.2) is 47.7 Å². The number of anilines is 1. The lowest BCUT2D eigenvalue weighted by Gasteiger charge is -2.21. The van der Waals surface area contributed by atoms with Crippen molar-refractivity contribution in [3.63, 3.8) is 0 Å². The number of hydrogen-bond acceptors (Lipinski definition) is 6. The second-order valence-corrected chi connectivity index (χ2v) is 5.01. The molecule has 1 aromatic carbocycles. The van der Waals surface area contributed by atoms with E-state index in [1.54, 1.807) is 24.3 Å². The summed E-state index contributed by atoms with van der Waals surface area (Å²) in [5.74, 6) is 0.479. The minimum absolute atomic E-state index is 0.169. The Morgan fingerprint density at radius 2 is 1.96 bits per heavy atom. The van der Waals surface area contributed by atoms with Gasteiger partial charge in [-0.25, -0.2) is 0 Å². The molecular weight excluding hydrogens is 326 g/mol. The van der Waals surface area contributed by atoms with Crippen LogP contribution < -0.4 is 14.8 Å². The van der Waals surface area contributed by atoms with Gasteiger partial charge < -0.3 is 24.2 Å². The third-order valence-electron chi connectivity index (χ3n) is 3.27. The zero-order chi connectivity index (χ0) is 18.2. The van der Waals surface area contributed by atoms with Gasteiger partial charge in [-0.15, -0.1) is 6.58 Å². The molecular formula is C17H19N3O5. The average molecular weight is 345 g/mol. The second-order valence-electron chi connectivity index (χ2n) is 5.01. The first-order valence-electron chi connectivity index (χ1n) is 7.41. The van der Waals surface area contributed by atoms with Crippen molar-refractivity contribution in [2.24, 2.45) is 0 Å². The summed E-state index contributed by atoms with van der Waals surface area (Å²) in [5.41, 5.74) is 0.340. The van der Waals surface area contributed by atoms with Crippen molar-refractivity contribution < 1.29 is 23.6 Å². The van der Waals surface area contributed by atoms with Crippen LogP contribution in [0.3, 0.4) is 0 Å². The van der Waals surface area contributed by atoms with Crippen LogP contribution in [-0.4, -0.2) is 49.2 Å². The molecule has 0 unspecified atom stereocenters. The molecule has 1 aromatic heterocycles. The molecule has 2 amide bonds. The lowest BCUT2D eigenvalue weighted by atomic mass is 10.1. The van der Waals surface area contributed by atoms with E-state index < -0.39 is 5.91 Å². The predicted molar refractivity (Wildman–Crippen MR) is 90.8 cm³/mol. The molecule has 0 saturated heterocycles. The zero-order valence-electron chi connectivity index (χ0n) is 14.0. The van der Waals surface area contributed by atoms with Crippen molar-refractivity contribution in [1.29, 1.82) is 0 Å². The lowest BCUT2D eigenvalue weighted by molar-refractivity contribution is -0.116. The van der Waals surface area contributed by atoms with Crippen LogP contribution in [0.5, 0.6) is 11.5 Å². The monoisotopic (exact) mass is 345 g/mol. The van der Waals surface area contributed by atoms with E-state index in [2.05, 4.69) is 21.6 Å². The number of carbonyl (C=O) groups is 2. The molecule has 0 aliphatic carbocycles. The Balaban J connectivity index is 2.16. The minimum Gasteiger partial charge on any atom is -0.497 e. The lowest BCUT2D eigenvalue weighted by Crippen LogP contribution is -2.38. The molecule has 132 valence electrons. The fourth-order valence-corrected chi connectivity index (χ4v) is 2.12. The number of rotatable bonds is 8. The van der Waals surface area contributed by atoms with Gasteiger partial charge in [0, 0.05) is 24.2 Å². The summed E-state index contributed by atoms with van der Waals surface area (Å²) in [4.78, 5) is 26.2. The SMILES string of the molecule is C=CCN(CC(=O)Nc1ccon1)C(=O)c1cc(OC)cc(OC)c1. The molecule has 25 heavy (non-hydrogen) atoms. The topological polar surface area (TPSA) is 93.9 Å². The second kappa shape index (κ2) is 8.53. The summed E-state index contributed by atoms with van der Waals surface area (Å²) in [6.45, 7) is 3.65. The zero-order valence-corrected chi connectivity index (χ0v) is 14.0. The number of nitrogens with one attached hydrogen (secondary N) is 1. The van der Waals surface area contributed by atoms with Gasteiger partial charge in [0.2, 0.25) is 5.91 Å². The standard InChI is InChI=1S/C17H19N3O5/c1-4-6-20(11-16(21)18-15-5-7-25-19-15)17(22)12-8-13(23-2)10-14(9-12)24-3/h4-5,7-10H,1,6,11H2,2-3H3,(H,18,19,21). The van der Waals surface area contributed by atoms with E-state index in [0.717, 1.165) is 0 Å². The van der Waals surface area contributed by atoms with Crippen molar-refractivity contribution in [3.05, 3.63) is 48.7 Å². The third kappa shape index (κ3) is 4.84. The van der Waals surface area contributed by atoms with Crippen LogP contribution in [-0.2, 0) is 4.79 Å². The molecule has 1 heterocycles. The number of carbonyl (C=O) groups excluding carboxylic acids is 2. The Hall–Kier alpha value is -3.29. The number of aromatic nitrogens is 1. The molecule has 0 saturated carbocycles. The maximum absolute atomic E-state index is 12.8. The highest BCUT2D eigenvalue weighted by atomic mass is 16.5. The van der Waals surface area contributed by atoms with Gasteiger partial charge in [0.1, 0.15) is 24.3 Å². The Morgan fingerprint density at radius 1 is 1.28 bits per heavy atom.